The zero-order chi connectivity index (χ0) is 30.5. The Morgan fingerprint density at radius 1 is 1.10 bits per heavy atom. The van der Waals surface area contributed by atoms with Gasteiger partial charge in [-0.15, -0.1) is 0 Å². The Labute approximate surface area is 250 Å². The van der Waals surface area contributed by atoms with Gasteiger partial charge in [0.15, 0.2) is 5.78 Å². The van der Waals surface area contributed by atoms with Crippen LogP contribution in [0.2, 0.25) is 0 Å². The molecule has 4 fully saturated rings. The van der Waals surface area contributed by atoms with Crippen LogP contribution in [0.3, 0.4) is 0 Å². The average molecular weight is 590 g/mol. The fourth-order valence-corrected chi connectivity index (χ4v) is 10.0. The van der Waals surface area contributed by atoms with Gasteiger partial charge in [0.05, 0.1) is 31.8 Å². The first kappa shape index (κ1) is 31.5. The van der Waals surface area contributed by atoms with Crippen LogP contribution in [0.15, 0.2) is 11.6 Å². The molecule has 9 nitrogen and oxygen atoms in total. The zero-order valence-electron chi connectivity index (χ0n) is 26.2. The lowest BCUT2D eigenvalue weighted by Gasteiger charge is -2.62. The van der Waals surface area contributed by atoms with E-state index in [1.54, 1.807) is 6.08 Å². The maximum Gasteiger partial charge on any atom is 0.506 e. The predicted octanol–water partition coefficient (Wildman–Crippen LogP) is 4.98. The molecular weight excluding hydrogens is 538 g/mol. The lowest BCUT2D eigenvalue weighted by molar-refractivity contribution is -0.220. The smallest absolute Gasteiger partial charge is 0.481 e. The number of ketones is 1. The summed E-state index contributed by atoms with van der Waals surface area (Å²) in [7, 11) is 4.06. The first-order chi connectivity index (χ1) is 19.9. The highest BCUT2D eigenvalue weighted by Gasteiger charge is 2.64. The van der Waals surface area contributed by atoms with Crippen molar-refractivity contribution in [2.45, 2.75) is 84.5 Å². The van der Waals surface area contributed by atoms with E-state index >= 15 is 0 Å². The van der Waals surface area contributed by atoms with E-state index in [9.17, 15) is 24.6 Å². The van der Waals surface area contributed by atoms with Gasteiger partial charge >= 0.3 is 12.1 Å². The topological polar surface area (TPSA) is 123 Å². The summed E-state index contributed by atoms with van der Waals surface area (Å²) < 4.78 is 18.4. The second-order valence-corrected chi connectivity index (χ2v) is 14.8. The minimum absolute atomic E-state index is 0.00239. The Bertz CT molecular complexity index is 1060. The standard InChI is InChI=1S/C33H51NO8/c1-17(2)11-19-7-8-21-20-9-10-23-22-14-40-16-33(23,24(20)12-26(35)29(21)28(19)31(36)37)13-27(42-32(38)39)30(22)41-15-25(18(3)4)34(5)6/h12,17-23,25,27-30H,7-11,13-16H2,1-6H3,(H,36,37)(H,38,39)/t19?,20?,21?,22?,23?,25?,27-,28-,29?,30-,33-/m1/s1. The van der Waals surface area contributed by atoms with Gasteiger partial charge in [-0.2, -0.15) is 0 Å². The highest BCUT2D eigenvalue weighted by atomic mass is 16.7. The molecule has 5 rings (SSSR count). The summed E-state index contributed by atoms with van der Waals surface area (Å²) in [6.45, 7) is 9.91. The maximum atomic E-state index is 14.0. The molecule has 0 spiro atoms. The van der Waals surface area contributed by atoms with E-state index in [-0.39, 0.29) is 41.4 Å². The molecule has 0 aromatic carbocycles. The van der Waals surface area contributed by atoms with Gasteiger partial charge < -0.3 is 29.3 Å². The van der Waals surface area contributed by atoms with Crippen LogP contribution < -0.4 is 0 Å². The quantitative estimate of drug-likeness (QED) is 0.359. The van der Waals surface area contributed by atoms with Gasteiger partial charge in [0.25, 0.3) is 0 Å². The third-order valence-electron chi connectivity index (χ3n) is 11.6. The number of hydrogen-bond donors (Lipinski definition) is 2. The monoisotopic (exact) mass is 589 g/mol. The van der Waals surface area contributed by atoms with Crippen molar-refractivity contribution in [1.29, 1.82) is 0 Å². The number of ether oxygens (including phenoxy) is 3. The summed E-state index contributed by atoms with van der Waals surface area (Å²) in [6, 6.07) is 0.172. The van der Waals surface area contributed by atoms with E-state index < -0.39 is 41.6 Å². The molecule has 0 aromatic heterocycles. The fraction of sp³-hybridized carbons (Fsp3) is 0.848. The van der Waals surface area contributed by atoms with E-state index in [2.05, 4.69) is 32.6 Å². The van der Waals surface area contributed by atoms with Crippen LogP contribution >= 0.6 is 0 Å². The Hall–Kier alpha value is -1.97. The van der Waals surface area contributed by atoms with Crippen molar-refractivity contribution < 1.29 is 38.8 Å². The van der Waals surface area contributed by atoms with Gasteiger partial charge in [-0.3, -0.25) is 9.59 Å². The summed E-state index contributed by atoms with van der Waals surface area (Å²) >= 11 is 0. The lowest BCUT2D eigenvalue weighted by Crippen LogP contribution is -2.64. The molecule has 3 saturated carbocycles. The number of hydrogen-bond acceptors (Lipinski definition) is 7. The molecule has 236 valence electrons. The summed E-state index contributed by atoms with van der Waals surface area (Å²) in [5, 5.41) is 20.1. The van der Waals surface area contributed by atoms with Crippen molar-refractivity contribution >= 4 is 17.9 Å². The summed E-state index contributed by atoms with van der Waals surface area (Å²) in [6.07, 6.45) is 4.13. The number of aliphatic carboxylic acids is 1. The first-order valence-electron chi connectivity index (χ1n) is 16.1. The second-order valence-electron chi connectivity index (χ2n) is 14.8. The third-order valence-corrected chi connectivity index (χ3v) is 11.6. The highest BCUT2D eigenvalue weighted by molar-refractivity contribution is 5.97. The molecule has 42 heavy (non-hydrogen) atoms. The zero-order valence-corrected chi connectivity index (χ0v) is 26.2. The molecule has 5 aliphatic rings. The number of carboxylic acid groups (broad SMARTS) is 2. The molecule has 2 N–H and O–H groups in total. The van der Waals surface area contributed by atoms with E-state index in [0.29, 0.717) is 38.1 Å². The van der Waals surface area contributed by atoms with Crippen molar-refractivity contribution in [3.05, 3.63) is 11.6 Å². The van der Waals surface area contributed by atoms with E-state index in [1.807, 2.05) is 14.1 Å². The number of allylic oxidation sites excluding steroid dienone is 1. The number of nitrogens with zero attached hydrogens (tertiary/aromatic N) is 1. The largest absolute Gasteiger partial charge is 0.506 e. The number of carboxylic acids is 1. The molecule has 7 unspecified atom stereocenters. The minimum atomic E-state index is -1.32. The molecule has 0 amide bonds. The number of carbonyl (C=O) groups is 3. The Morgan fingerprint density at radius 2 is 1.83 bits per heavy atom. The maximum absolute atomic E-state index is 14.0. The molecule has 0 aromatic rings. The van der Waals surface area contributed by atoms with E-state index in [4.69, 9.17) is 14.2 Å². The van der Waals surface area contributed by atoms with Gasteiger partial charge in [0.1, 0.15) is 6.10 Å². The average Bonchev–Trinajstić information content (AvgIpc) is 2.88. The molecule has 11 atom stereocenters. The van der Waals surface area contributed by atoms with E-state index in [1.165, 1.54) is 0 Å². The Balaban J connectivity index is 1.48. The second kappa shape index (κ2) is 12.2. The van der Waals surface area contributed by atoms with Crippen molar-refractivity contribution in [2.24, 2.45) is 58.7 Å². The van der Waals surface area contributed by atoms with Crippen LogP contribution in [0.25, 0.3) is 0 Å². The SMILES string of the molecule is CC(C)CC1CCC2C3CCC4C5COC[C@@]4(C[C@@H](OC(=O)O)[C@@H]5OCC(C(C)C)N(C)C)C3=CC(=O)C2[C@@H]1C(=O)O. The van der Waals surface area contributed by atoms with Crippen LogP contribution in [-0.4, -0.2) is 85.2 Å². The summed E-state index contributed by atoms with van der Waals surface area (Å²) in [5.41, 5.74) is 0.561. The molecule has 9 heteroatoms. The van der Waals surface area contributed by atoms with Crippen LogP contribution in [0.4, 0.5) is 4.79 Å². The van der Waals surface area contributed by atoms with Gasteiger partial charge in [-0.05, 0) is 94.2 Å². The van der Waals surface area contributed by atoms with Crippen LogP contribution in [0, 0.1) is 58.7 Å². The van der Waals surface area contributed by atoms with E-state index in [0.717, 1.165) is 37.7 Å². The van der Waals surface area contributed by atoms with Crippen molar-refractivity contribution in [3.63, 3.8) is 0 Å². The first-order valence-corrected chi connectivity index (χ1v) is 16.1. The molecule has 1 saturated heterocycles. The summed E-state index contributed by atoms with van der Waals surface area (Å²) in [4.78, 5) is 40.6. The Kier molecular flexibility index (Phi) is 9.13. The van der Waals surface area contributed by atoms with Gasteiger partial charge in [0.2, 0.25) is 0 Å². The number of carbonyl (C=O) groups excluding carboxylic acids is 1. The number of rotatable bonds is 9. The van der Waals surface area contributed by atoms with Crippen LogP contribution in [0.5, 0.6) is 0 Å². The molecule has 2 bridgehead atoms. The molecule has 0 radical (unpaired) electrons. The molecule has 4 aliphatic carbocycles. The van der Waals surface area contributed by atoms with Crippen molar-refractivity contribution in [2.75, 3.05) is 33.9 Å². The number of likely N-dealkylation sites (N-methyl/N-ethyl adjacent to an activating group) is 1. The van der Waals surface area contributed by atoms with Gasteiger partial charge in [-0.1, -0.05) is 33.3 Å². The predicted molar refractivity (Wildman–Crippen MR) is 156 cm³/mol. The third kappa shape index (κ3) is 5.54. The number of fused-ring (bicyclic) bond motifs is 3. The van der Waals surface area contributed by atoms with Crippen molar-refractivity contribution in [1.82, 2.24) is 4.90 Å². The minimum Gasteiger partial charge on any atom is -0.481 e. The van der Waals surface area contributed by atoms with Crippen LogP contribution in [-0.2, 0) is 23.8 Å². The molecular formula is C33H51NO8. The normalized spacial score (nSPS) is 40.2. The highest BCUT2D eigenvalue weighted by Crippen LogP contribution is 2.64. The van der Waals surface area contributed by atoms with Crippen LogP contribution in [0.1, 0.15) is 66.2 Å². The Morgan fingerprint density at radius 3 is 2.45 bits per heavy atom. The van der Waals surface area contributed by atoms with Crippen molar-refractivity contribution in [3.8, 4) is 0 Å². The molecule has 1 aliphatic heterocycles. The lowest BCUT2D eigenvalue weighted by atomic mass is 9.45. The summed E-state index contributed by atoms with van der Waals surface area (Å²) in [5.74, 6) is -1.06. The fourth-order valence-electron chi connectivity index (χ4n) is 10.0. The molecule has 1 heterocycles. The van der Waals surface area contributed by atoms with Gasteiger partial charge in [-0.25, -0.2) is 4.79 Å². The van der Waals surface area contributed by atoms with Gasteiger partial charge in [0, 0.05) is 23.3 Å².